The van der Waals surface area contributed by atoms with E-state index in [4.69, 9.17) is 0 Å². The Hall–Kier alpha value is 0.110. The molecule has 1 atom stereocenters. The van der Waals surface area contributed by atoms with Crippen molar-refractivity contribution < 1.29 is 4.21 Å². The fraction of sp³-hybridized carbons (Fsp3) is 1.00. The van der Waals surface area contributed by atoms with Gasteiger partial charge in [-0.15, -0.1) is 0 Å². The Kier molecular flexibility index (Phi) is 7.30. The van der Waals surface area contributed by atoms with E-state index in [1.165, 1.54) is 12.8 Å². The lowest BCUT2D eigenvalue weighted by Gasteiger charge is -1.93. The van der Waals surface area contributed by atoms with E-state index < -0.39 is 11.0 Å². The van der Waals surface area contributed by atoms with Gasteiger partial charge in [0.1, 0.15) is 0 Å². The Morgan fingerprint density at radius 2 is 1.90 bits per heavy atom. The van der Waals surface area contributed by atoms with Crippen molar-refractivity contribution in [2.45, 2.75) is 33.1 Å². The first-order chi connectivity index (χ1) is 4.89. The molecule has 1 aliphatic rings. The first kappa shape index (κ1) is 10.1. The normalized spacial score (nSPS) is 26.0. The van der Waals surface area contributed by atoms with E-state index in [0.29, 0.717) is 0 Å². The number of hydrogen-bond acceptors (Lipinski definition) is 1. The first-order valence-corrected chi connectivity index (χ1v) is 5.33. The molecule has 1 rings (SSSR count). The lowest BCUT2D eigenvalue weighted by atomic mass is 10.3. The summed E-state index contributed by atoms with van der Waals surface area (Å²) < 4.78 is 13.6. The van der Waals surface area contributed by atoms with Crippen molar-refractivity contribution in [3.63, 3.8) is 0 Å². The van der Waals surface area contributed by atoms with Crippen LogP contribution in [0.4, 0.5) is 0 Å². The van der Waals surface area contributed by atoms with E-state index in [2.05, 4.69) is 4.72 Å². The minimum absolute atomic E-state index is 0.708. The van der Waals surface area contributed by atoms with Crippen molar-refractivity contribution in [3.05, 3.63) is 0 Å². The van der Waals surface area contributed by atoms with Gasteiger partial charge in [-0.3, -0.25) is 0 Å². The number of nitrogens with one attached hydrogen (secondary N) is 1. The Balaban J connectivity index is 0.000000371. The molecule has 1 saturated heterocycles. The Bertz CT molecular complexity index is 85.6. The summed E-state index contributed by atoms with van der Waals surface area (Å²) in [7, 11) is -0.708. The number of rotatable bonds is 0. The van der Waals surface area contributed by atoms with Crippen LogP contribution in [0.5, 0.6) is 0 Å². The van der Waals surface area contributed by atoms with E-state index in [-0.39, 0.29) is 0 Å². The predicted octanol–water partition coefficient (Wildman–Crippen LogP) is 1.45. The van der Waals surface area contributed by atoms with Gasteiger partial charge in [0, 0.05) is 12.3 Å². The maximum absolute atomic E-state index is 10.7. The molecule has 1 aliphatic heterocycles. The van der Waals surface area contributed by atoms with Crippen LogP contribution in [-0.4, -0.2) is 16.5 Å². The second-order valence-corrected chi connectivity index (χ2v) is 3.39. The molecule has 0 aliphatic carbocycles. The topological polar surface area (TPSA) is 29.1 Å². The molecule has 10 heavy (non-hydrogen) atoms. The minimum atomic E-state index is -0.708. The summed E-state index contributed by atoms with van der Waals surface area (Å²) in [5.41, 5.74) is 0. The van der Waals surface area contributed by atoms with Crippen LogP contribution >= 0.6 is 0 Å². The molecule has 0 amide bonds. The third kappa shape index (κ3) is 4.94. The van der Waals surface area contributed by atoms with Crippen LogP contribution in [0.15, 0.2) is 0 Å². The highest BCUT2D eigenvalue weighted by Crippen LogP contribution is 1.99. The monoisotopic (exact) mass is 163 g/mol. The molecule has 3 heteroatoms. The van der Waals surface area contributed by atoms with Crippen molar-refractivity contribution in [2.24, 2.45) is 0 Å². The third-order valence-electron chi connectivity index (χ3n) is 1.27. The SMILES string of the molecule is CC.O=S1CCCCCN1. The highest BCUT2D eigenvalue weighted by atomic mass is 32.2. The van der Waals surface area contributed by atoms with Crippen LogP contribution in [0.3, 0.4) is 0 Å². The molecule has 0 aromatic heterocycles. The fourth-order valence-electron chi connectivity index (χ4n) is 0.793. The lowest BCUT2D eigenvalue weighted by molar-refractivity contribution is 0.674. The highest BCUT2D eigenvalue weighted by molar-refractivity contribution is 7.83. The molecule has 1 unspecified atom stereocenters. The van der Waals surface area contributed by atoms with Gasteiger partial charge in [-0.25, -0.2) is 8.93 Å². The van der Waals surface area contributed by atoms with Crippen LogP contribution in [-0.2, 0) is 11.0 Å². The molecule has 62 valence electrons. The summed E-state index contributed by atoms with van der Waals surface area (Å²) >= 11 is 0. The molecule has 0 bridgehead atoms. The molecule has 1 N–H and O–H groups in total. The first-order valence-electron chi connectivity index (χ1n) is 4.01. The highest BCUT2D eigenvalue weighted by Gasteiger charge is 2.02. The van der Waals surface area contributed by atoms with Gasteiger partial charge in [-0.2, -0.15) is 0 Å². The zero-order chi connectivity index (χ0) is 7.82. The van der Waals surface area contributed by atoms with Crippen LogP contribution in [0.25, 0.3) is 0 Å². The van der Waals surface area contributed by atoms with Crippen LogP contribution < -0.4 is 4.72 Å². The van der Waals surface area contributed by atoms with Gasteiger partial charge in [0.2, 0.25) is 0 Å². The van der Waals surface area contributed by atoms with E-state index in [9.17, 15) is 4.21 Å². The Morgan fingerprint density at radius 1 is 1.20 bits per heavy atom. The standard InChI is InChI=1S/C5H11NOS.C2H6/c7-8-5-3-1-2-4-6-8;1-2/h6H,1-5H2;1-2H3. The zero-order valence-electron chi connectivity index (χ0n) is 6.85. The van der Waals surface area contributed by atoms with Crippen molar-refractivity contribution in [3.8, 4) is 0 Å². The maximum Gasteiger partial charge on any atom is 0.0915 e. The quantitative estimate of drug-likeness (QED) is 0.575. The molecule has 0 aromatic rings. The summed E-state index contributed by atoms with van der Waals surface area (Å²) in [4.78, 5) is 0. The predicted molar refractivity (Wildman–Crippen MR) is 46.2 cm³/mol. The van der Waals surface area contributed by atoms with Crippen LogP contribution in [0, 0.1) is 0 Å². The van der Waals surface area contributed by atoms with E-state index in [1.807, 2.05) is 13.8 Å². The van der Waals surface area contributed by atoms with Crippen molar-refractivity contribution >= 4 is 11.0 Å². The van der Waals surface area contributed by atoms with E-state index >= 15 is 0 Å². The molecule has 2 nitrogen and oxygen atoms in total. The molecule has 1 fully saturated rings. The summed E-state index contributed by atoms with van der Waals surface area (Å²) in [6, 6.07) is 0. The van der Waals surface area contributed by atoms with Gasteiger partial charge in [-0.05, 0) is 12.8 Å². The Labute approximate surface area is 66.0 Å². The summed E-state index contributed by atoms with van der Waals surface area (Å²) in [5, 5.41) is 0. The van der Waals surface area contributed by atoms with Crippen LogP contribution in [0.1, 0.15) is 33.1 Å². The maximum atomic E-state index is 10.7. The number of hydrogen-bond donors (Lipinski definition) is 1. The van der Waals surface area contributed by atoms with Crippen molar-refractivity contribution in [1.82, 2.24) is 4.72 Å². The Morgan fingerprint density at radius 3 is 2.60 bits per heavy atom. The van der Waals surface area contributed by atoms with Gasteiger partial charge in [0.25, 0.3) is 0 Å². The molecule has 0 spiro atoms. The molecule has 0 radical (unpaired) electrons. The zero-order valence-corrected chi connectivity index (χ0v) is 7.67. The van der Waals surface area contributed by atoms with Crippen molar-refractivity contribution in [2.75, 3.05) is 12.3 Å². The van der Waals surface area contributed by atoms with Crippen molar-refractivity contribution in [1.29, 1.82) is 0 Å². The van der Waals surface area contributed by atoms with Crippen LogP contribution in [0.2, 0.25) is 0 Å². The third-order valence-corrected chi connectivity index (χ3v) is 2.46. The van der Waals surface area contributed by atoms with Gasteiger partial charge in [0.05, 0.1) is 11.0 Å². The second-order valence-electron chi connectivity index (χ2n) is 2.00. The summed E-state index contributed by atoms with van der Waals surface area (Å²) in [6.45, 7) is 4.94. The molecule has 0 aromatic carbocycles. The molecule has 1 heterocycles. The van der Waals surface area contributed by atoms with E-state index in [1.54, 1.807) is 0 Å². The van der Waals surface area contributed by atoms with Gasteiger partial charge in [-0.1, -0.05) is 20.3 Å². The van der Waals surface area contributed by atoms with E-state index in [0.717, 1.165) is 18.7 Å². The largest absolute Gasteiger partial charge is 0.243 e. The smallest absolute Gasteiger partial charge is 0.0915 e. The summed E-state index contributed by atoms with van der Waals surface area (Å²) in [5.74, 6) is 0.847. The molecular formula is C7H17NOS. The minimum Gasteiger partial charge on any atom is -0.243 e. The average molecular weight is 163 g/mol. The van der Waals surface area contributed by atoms with Gasteiger partial charge < -0.3 is 0 Å². The summed E-state index contributed by atoms with van der Waals surface area (Å²) in [6.07, 6.45) is 3.55. The lowest BCUT2D eigenvalue weighted by Crippen LogP contribution is -2.17. The molecule has 0 saturated carbocycles. The van der Waals surface area contributed by atoms with Gasteiger partial charge in [0.15, 0.2) is 0 Å². The average Bonchev–Trinajstić information content (AvgIpc) is 2.21. The fourth-order valence-corrected chi connectivity index (χ4v) is 1.78. The molecular weight excluding hydrogens is 146 g/mol. The second kappa shape index (κ2) is 7.22. The van der Waals surface area contributed by atoms with Gasteiger partial charge >= 0.3 is 0 Å².